The number of halogens is 2. The van der Waals surface area contributed by atoms with E-state index >= 15 is 0 Å². The lowest BCUT2D eigenvalue weighted by molar-refractivity contribution is 0.170. The summed E-state index contributed by atoms with van der Waals surface area (Å²) in [5.74, 6) is 3.67. The molecule has 1 aliphatic heterocycles. The van der Waals surface area contributed by atoms with Crippen LogP contribution >= 0.6 is 27.5 Å². The molecule has 0 amide bonds. The monoisotopic (exact) mass is 302 g/mol. The maximum absolute atomic E-state index is 5.86. The van der Waals surface area contributed by atoms with E-state index in [2.05, 4.69) is 28.1 Å². The Morgan fingerprint density at radius 1 is 1.31 bits per heavy atom. The molecule has 0 bridgehead atoms. The normalized spacial score (nSPS) is 26.6. The van der Waals surface area contributed by atoms with E-state index in [1.807, 2.05) is 0 Å². The number of ether oxygens (including phenoxy) is 2. The van der Waals surface area contributed by atoms with Crippen LogP contribution in [0, 0.1) is 5.92 Å². The SMILES string of the molecule is ClCC1CC1c1cc(Br)c2c(c1)OCCO2. The van der Waals surface area contributed by atoms with Crippen LogP contribution in [0.1, 0.15) is 17.9 Å². The molecule has 1 saturated carbocycles. The lowest BCUT2D eigenvalue weighted by Crippen LogP contribution is -2.15. The average Bonchev–Trinajstić information content (AvgIpc) is 3.08. The first-order valence-electron chi connectivity index (χ1n) is 5.44. The maximum atomic E-state index is 5.86. The summed E-state index contributed by atoms with van der Waals surface area (Å²) in [6.45, 7) is 1.26. The predicted molar refractivity (Wildman–Crippen MR) is 66.7 cm³/mol. The number of alkyl halides is 1. The van der Waals surface area contributed by atoms with Crippen LogP contribution in [-0.2, 0) is 0 Å². The smallest absolute Gasteiger partial charge is 0.175 e. The fourth-order valence-electron chi connectivity index (χ4n) is 2.17. The van der Waals surface area contributed by atoms with E-state index in [1.165, 1.54) is 12.0 Å². The van der Waals surface area contributed by atoms with Crippen LogP contribution in [0.3, 0.4) is 0 Å². The van der Waals surface area contributed by atoms with Crippen molar-refractivity contribution in [2.75, 3.05) is 19.1 Å². The third kappa shape index (κ3) is 1.80. The summed E-state index contributed by atoms with van der Waals surface area (Å²) in [7, 11) is 0. The zero-order valence-electron chi connectivity index (χ0n) is 8.71. The summed E-state index contributed by atoms with van der Waals surface area (Å²) in [5.41, 5.74) is 1.31. The Labute approximate surface area is 108 Å². The summed E-state index contributed by atoms with van der Waals surface area (Å²) in [6, 6.07) is 4.22. The van der Waals surface area contributed by atoms with Gasteiger partial charge < -0.3 is 9.47 Å². The summed E-state index contributed by atoms with van der Waals surface area (Å²) in [4.78, 5) is 0. The van der Waals surface area contributed by atoms with Crippen LogP contribution in [0.5, 0.6) is 11.5 Å². The molecule has 2 unspecified atom stereocenters. The molecule has 0 radical (unpaired) electrons. The van der Waals surface area contributed by atoms with Crippen LogP contribution in [-0.4, -0.2) is 19.1 Å². The Morgan fingerprint density at radius 3 is 2.88 bits per heavy atom. The topological polar surface area (TPSA) is 18.5 Å². The van der Waals surface area contributed by atoms with Crippen LogP contribution in [0.25, 0.3) is 0 Å². The number of fused-ring (bicyclic) bond motifs is 1. The highest BCUT2D eigenvalue weighted by Gasteiger charge is 2.38. The van der Waals surface area contributed by atoms with E-state index in [-0.39, 0.29) is 0 Å². The third-order valence-electron chi connectivity index (χ3n) is 3.17. The molecule has 0 N–H and O–H groups in total. The Hall–Kier alpha value is -0.410. The fraction of sp³-hybridized carbons (Fsp3) is 0.500. The highest BCUT2D eigenvalue weighted by molar-refractivity contribution is 9.10. The molecule has 1 aromatic carbocycles. The van der Waals surface area contributed by atoms with Crippen molar-refractivity contribution >= 4 is 27.5 Å². The second kappa shape index (κ2) is 4.11. The molecule has 16 heavy (non-hydrogen) atoms. The van der Waals surface area contributed by atoms with E-state index < -0.39 is 0 Å². The lowest BCUT2D eigenvalue weighted by Gasteiger charge is -2.20. The van der Waals surface area contributed by atoms with Gasteiger partial charge in [-0.05, 0) is 51.9 Å². The molecule has 1 heterocycles. The molecule has 4 heteroatoms. The molecule has 3 rings (SSSR count). The minimum Gasteiger partial charge on any atom is -0.486 e. The Kier molecular flexibility index (Phi) is 2.76. The zero-order valence-corrected chi connectivity index (χ0v) is 11.1. The second-order valence-electron chi connectivity index (χ2n) is 4.28. The van der Waals surface area contributed by atoms with Gasteiger partial charge in [-0.15, -0.1) is 11.6 Å². The highest BCUT2D eigenvalue weighted by Crippen LogP contribution is 2.51. The first-order valence-corrected chi connectivity index (χ1v) is 6.77. The molecule has 2 nitrogen and oxygen atoms in total. The maximum Gasteiger partial charge on any atom is 0.175 e. The van der Waals surface area contributed by atoms with Crippen LogP contribution in [0.4, 0.5) is 0 Å². The number of hydrogen-bond donors (Lipinski definition) is 0. The Bertz CT molecular complexity index is 422. The van der Waals surface area contributed by atoms with E-state index in [0.717, 1.165) is 21.9 Å². The Balaban J connectivity index is 1.93. The fourth-order valence-corrected chi connectivity index (χ4v) is 3.09. The summed E-state index contributed by atoms with van der Waals surface area (Å²) < 4.78 is 12.2. The molecule has 2 aliphatic rings. The van der Waals surface area contributed by atoms with Crippen molar-refractivity contribution in [3.63, 3.8) is 0 Å². The third-order valence-corrected chi connectivity index (χ3v) is 4.15. The van der Waals surface area contributed by atoms with Gasteiger partial charge in [0.1, 0.15) is 13.2 Å². The van der Waals surface area contributed by atoms with Crippen molar-refractivity contribution in [3.8, 4) is 11.5 Å². The van der Waals surface area contributed by atoms with Gasteiger partial charge in [-0.2, -0.15) is 0 Å². The van der Waals surface area contributed by atoms with Crippen LogP contribution in [0.2, 0.25) is 0 Å². The van der Waals surface area contributed by atoms with E-state index in [4.69, 9.17) is 21.1 Å². The van der Waals surface area contributed by atoms with Crippen molar-refractivity contribution in [2.45, 2.75) is 12.3 Å². The minimum atomic E-state index is 0.602. The van der Waals surface area contributed by atoms with E-state index in [1.54, 1.807) is 0 Å². The van der Waals surface area contributed by atoms with Crippen molar-refractivity contribution < 1.29 is 9.47 Å². The molecule has 1 aromatic rings. The predicted octanol–water partition coefficient (Wildman–Crippen LogP) is 3.56. The van der Waals surface area contributed by atoms with Gasteiger partial charge in [0.15, 0.2) is 11.5 Å². The van der Waals surface area contributed by atoms with Crippen molar-refractivity contribution in [3.05, 3.63) is 22.2 Å². The largest absolute Gasteiger partial charge is 0.486 e. The van der Waals surface area contributed by atoms with Gasteiger partial charge in [0, 0.05) is 5.88 Å². The summed E-state index contributed by atoms with van der Waals surface area (Å²) in [5, 5.41) is 0. The van der Waals surface area contributed by atoms with Gasteiger partial charge in [-0.3, -0.25) is 0 Å². The van der Waals surface area contributed by atoms with Gasteiger partial charge in [-0.25, -0.2) is 0 Å². The number of hydrogen-bond acceptors (Lipinski definition) is 2. The molecule has 0 saturated heterocycles. The minimum absolute atomic E-state index is 0.602. The summed E-state index contributed by atoms with van der Waals surface area (Å²) >= 11 is 9.39. The molecule has 1 fully saturated rings. The van der Waals surface area contributed by atoms with E-state index in [0.29, 0.717) is 25.0 Å². The van der Waals surface area contributed by atoms with E-state index in [9.17, 15) is 0 Å². The molecular weight excluding hydrogens is 291 g/mol. The van der Waals surface area contributed by atoms with Gasteiger partial charge in [-0.1, -0.05) is 0 Å². The molecule has 86 valence electrons. The lowest BCUT2D eigenvalue weighted by atomic mass is 10.1. The molecular formula is C12H12BrClO2. The molecule has 0 aromatic heterocycles. The molecule has 1 aliphatic carbocycles. The summed E-state index contributed by atoms with van der Waals surface area (Å²) in [6.07, 6.45) is 1.19. The number of benzene rings is 1. The average molecular weight is 304 g/mol. The van der Waals surface area contributed by atoms with Crippen LogP contribution < -0.4 is 9.47 Å². The van der Waals surface area contributed by atoms with Gasteiger partial charge in [0.2, 0.25) is 0 Å². The van der Waals surface area contributed by atoms with Crippen molar-refractivity contribution in [1.82, 2.24) is 0 Å². The van der Waals surface area contributed by atoms with Gasteiger partial charge in [0.05, 0.1) is 4.47 Å². The van der Waals surface area contributed by atoms with Gasteiger partial charge in [0.25, 0.3) is 0 Å². The first kappa shape index (κ1) is 10.7. The van der Waals surface area contributed by atoms with Crippen molar-refractivity contribution in [1.29, 1.82) is 0 Å². The highest BCUT2D eigenvalue weighted by atomic mass is 79.9. The Morgan fingerprint density at radius 2 is 2.12 bits per heavy atom. The van der Waals surface area contributed by atoms with Crippen molar-refractivity contribution in [2.24, 2.45) is 5.92 Å². The molecule has 2 atom stereocenters. The second-order valence-corrected chi connectivity index (χ2v) is 5.45. The number of rotatable bonds is 2. The molecule has 0 spiro atoms. The first-order chi connectivity index (χ1) is 7.79. The standard InChI is InChI=1S/C12H12BrClO2/c13-10-4-7(9-3-8(9)6-14)5-11-12(10)16-2-1-15-11/h4-5,8-9H,1-3,6H2. The van der Waals surface area contributed by atoms with Crippen LogP contribution in [0.15, 0.2) is 16.6 Å². The zero-order chi connectivity index (χ0) is 11.1. The van der Waals surface area contributed by atoms with Gasteiger partial charge >= 0.3 is 0 Å². The quantitative estimate of drug-likeness (QED) is 0.778.